The first-order chi connectivity index (χ1) is 8.49. The van der Waals surface area contributed by atoms with Crippen molar-refractivity contribution >= 4 is 0 Å². The molecule has 0 fully saturated rings. The normalized spacial score (nSPS) is 11.0. The van der Waals surface area contributed by atoms with Crippen molar-refractivity contribution in [3.8, 4) is 11.1 Å². The predicted molar refractivity (Wildman–Crippen MR) is 70.6 cm³/mol. The molecule has 18 heavy (non-hydrogen) atoms. The van der Waals surface area contributed by atoms with E-state index >= 15 is 0 Å². The minimum atomic E-state index is -0.419. The van der Waals surface area contributed by atoms with E-state index in [9.17, 15) is 8.78 Å². The number of aryl methyl sites for hydroxylation is 1. The molecule has 0 radical (unpaired) electrons. The van der Waals surface area contributed by atoms with Gasteiger partial charge in [-0.1, -0.05) is 32.0 Å². The average Bonchev–Trinajstić information content (AvgIpc) is 2.31. The van der Waals surface area contributed by atoms with Gasteiger partial charge in [0.1, 0.15) is 11.6 Å². The number of benzene rings is 2. The SMILES string of the molecule is Cc1cc(-c2cc(F)ccc2F)ccc1C(C)C. The molecule has 2 aromatic carbocycles. The van der Waals surface area contributed by atoms with Gasteiger partial charge >= 0.3 is 0 Å². The summed E-state index contributed by atoms with van der Waals surface area (Å²) in [7, 11) is 0. The maximum atomic E-state index is 13.7. The summed E-state index contributed by atoms with van der Waals surface area (Å²) in [5, 5.41) is 0. The van der Waals surface area contributed by atoms with Crippen LogP contribution < -0.4 is 0 Å². The van der Waals surface area contributed by atoms with Crippen LogP contribution in [0.25, 0.3) is 11.1 Å². The lowest BCUT2D eigenvalue weighted by atomic mass is 9.94. The van der Waals surface area contributed by atoms with E-state index in [-0.39, 0.29) is 0 Å². The molecule has 0 unspecified atom stereocenters. The summed E-state index contributed by atoms with van der Waals surface area (Å²) in [5.74, 6) is -0.388. The topological polar surface area (TPSA) is 0 Å². The van der Waals surface area contributed by atoms with E-state index in [1.54, 1.807) is 0 Å². The molecule has 0 bridgehead atoms. The Balaban J connectivity index is 2.52. The van der Waals surface area contributed by atoms with E-state index < -0.39 is 11.6 Å². The van der Waals surface area contributed by atoms with E-state index in [4.69, 9.17) is 0 Å². The molecule has 0 aromatic heterocycles. The van der Waals surface area contributed by atoms with Gasteiger partial charge in [-0.2, -0.15) is 0 Å². The third kappa shape index (κ3) is 2.42. The maximum Gasteiger partial charge on any atom is 0.131 e. The molecule has 0 saturated carbocycles. The van der Waals surface area contributed by atoms with E-state index in [0.717, 1.165) is 17.7 Å². The smallest absolute Gasteiger partial charge is 0.131 e. The minimum Gasteiger partial charge on any atom is -0.207 e. The van der Waals surface area contributed by atoms with Crippen LogP contribution in [0.15, 0.2) is 36.4 Å². The molecule has 0 amide bonds. The summed E-state index contributed by atoms with van der Waals surface area (Å²) in [6.45, 7) is 6.23. The summed E-state index contributed by atoms with van der Waals surface area (Å²) in [6, 6.07) is 9.27. The Morgan fingerprint density at radius 2 is 1.67 bits per heavy atom. The Hall–Kier alpha value is -1.70. The monoisotopic (exact) mass is 246 g/mol. The number of hydrogen-bond acceptors (Lipinski definition) is 0. The van der Waals surface area contributed by atoms with Gasteiger partial charge in [0.05, 0.1) is 0 Å². The summed E-state index contributed by atoms with van der Waals surface area (Å²) in [6.07, 6.45) is 0. The van der Waals surface area contributed by atoms with Crippen LogP contribution >= 0.6 is 0 Å². The second-order valence-corrected chi connectivity index (χ2v) is 4.85. The largest absolute Gasteiger partial charge is 0.207 e. The lowest BCUT2D eigenvalue weighted by molar-refractivity contribution is 0.603. The van der Waals surface area contributed by atoms with Crippen molar-refractivity contribution < 1.29 is 8.78 Å². The maximum absolute atomic E-state index is 13.7. The number of halogens is 2. The van der Waals surface area contributed by atoms with Gasteiger partial charge in [0, 0.05) is 5.56 Å². The molecule has 2 heteroatoms. The molecule has 0 saturated heterocycles. The third-order valence-electron chi connectivity index (χ3n) is 3.13. The highest BCUT2D eigenvalue weighted by Gasteiger charge is 2.09. The van der Waals surface area contributed by atoms with E-state index in [2.05, 4.69) is 13.8 Å². The van der Waals surface area contributed by atoms with Crippen molar-refractivity contribution in [2.45, 2.75) is 26.7 Å². The molecule has 0 nitrogen and oxygen atoms in total. The molecule has 0 N–H and O–H groups in total. The Labute approximate surface area is 106 Å². The first kappa shape index (κ1) is 12.7. The molecule has 0 aliphatic carbocycles. The third-order valence-corrected chi connectivity index (χ3v) is 3.13. The van der Waals surface area contributed by atoms with Gasteiger partial charge in [-0.15, -0.1) is 0 Å². The van der Waals surface area contributed by atoms with Crippen molar-refractivity contribution in [2.75, 3.05) is 0 Å². The molecule has 94 valence electrons. The van der Waals surface area contributed by atoms with Gasteiger partial charge < -0.3 is 0 Å². The van der Waals surface area contributed by atoms with E-state index in [0.29, 0.717) is 17.0 Å². The summed E-state index contributed by atoms with van der Waals surface area (Å²) in [4.78, 5) is 0. The van der Waals surface area contributed by atoms with Gasteiger partial charge in [0.2, 0.25) is 0 Å². The fraction of sp³-hybridized carbons (Fsp3) is 0.250. The molecule has 2 aromatic rings. The molecule has 0 atom stereocenters. The van der Waals surface area contributed by atoms with Crippen molar-refractivity contribution in [1.82, 2.24) is 0 Å². The Kier molecular flexibility index (Phi) is 3.46. The zero-order valence-electron chi connectivity index (χ0n) is 10.8. The fourth-order valence-electron chi connectivity index (χ4n) is 2.21. The van der Waals surface area contributed by atoms with Crippen LogP contribution in [0, 0.1) is 18.6 Å². The predicted octanol–water partition coefficient (Wildman–Crippen LogP) is 5.06. The van der Waals surface area contributed by atoms with Crippen LogP contribution in [0.2, 0.25) is 0 Å². The zero-order valence-corrected chi connectivity index (χ0v) is 10.8. The van der Waals surface area contributed by atoms with Crippen LogP contribution in [-0.4, -0.2) is 0 Å². The van der Waals surface area contributed by atoms with Crippen LogP contribution in [0.5, 0.6) is 0 Å². The lowest BCUT2D eigenvalue weighted by Crippen LogP contribution is -1.93. The van der Waals surface area contributed by atoms with Crippen LogP contribution in [0.4, 0.5) is 8.78 Å². The minimum absolute atomic E-state index is 0.313. The second kappa shape index (κ2) is 4.89. The summed E-state index contributed by atoms with van der Waals surface area (Å²) in [5.41, 5.74) is 3.36. The van der Waals surface area contributed by atoms with Crippen LogP contribution in [0.3, 0.4) is 0 Å². The van der Waals surface area contributed by atoms with Crippen molar-refractivity contribution in [1.29, 1.82) is 0 Å². The Morgan fingerprint density at radius 1 is 0.944 bits per heavy atom. The molecule has 2 rings (SSSR count). The van der Waals surface area contributed by atoms with Gasteiger partial charge in [-0.05, 0) is 47.7 Å². The number of hydrogen-bond donors (Lipinski definition) is 0. The average molecular weight is 246 g/mol. The van der Waals surface area contributed by atoms with Crippen molar-refractivity contribution in [3.63, 3.8) is 0 Å². The molecule has 0 aliphatic rings. The summed E-state index contributed by atoms with van der Waals surface area (Å²) >= 11 is 0. The standard InChI is InChI=1S/C16H16F2/c1-10(2)14-6-4-12(8-11(14)3)15-9-13(17)5-7-16(15)18/h4-10H,1-3H3. The van der Waals surface area contributed by atoms with Gasteiger partial charge in [-0.25, -0.2) is 8.78 Å². The first-order valence-electron chi connectivity index (χ1n) is 6.05. The first-order valence-corrected chi connectivity index (χ1v) is 6.05. The molecule has 0 aliphatic heterocycles. The Bertz CT molecular complexity index is 571. The van der Waals surface area contributed by atoms with E-state index in [1.807, 2.05) is 25.1 Å². The molecular formula is C16H16F2. The highest BCUT2D eigenvalue weighted by Crippen LogP contribution is 2.28. The van der Waals surface area contributed by atoms with E-state index in [1.165, 1.54) is 11.6 Å². The highest BCUT2D eigenvalue weighted by molar-refractivity contribution is 5.65. The quantitative estimate of drug-likeness (QED) is 0.694. The molecular weight excluding hydrogens is 230 g/mol. The molecule has 0 heterocycles. The lowest BCUT2D eigenvalue weighted by Gasteiger charge is -2.12. The fourth-order valence-corrected chi connectivity index (χ4v) is 2.21. The Morgan fingerprint density at radius 3 is 2.28 bits per heavy atom. The van der Waals surface area contributed by atoms with Crippen molar-refractivity contribution in [2.24, 2.45) is 0 Å². The van der Waals surface area contributed by atoms with Crippen LogP contribution in [0.1, 0.15) is 30.9 Å². The highest BCUT2D eigenvalue weighted by atomic mass is 19.1. The molecule has 0 spiro atoms. The van der Waals surface area contributed by atoms with Gasteiger partial charge in [0.25, 0.3) is 0 Å². The van der Waals surface area contributed by atoms with Gasteiger partial charge in [-0.3, -0.25) is 0 Å². The number of rotatable bonds is 2. The second-order valence-electron chi connectivity index (χ2n) is 4.85. The zero-order chi connectivity index (χ0) is 13.3. The van der Waals surface area contributed by atoms with Gasteiger partial charge in [0.15, 0.2) is 0 Å². The van der Waals surface area contributed by atoms with Crippen LogP contribution in [-0.2, 0) is 0 Å². The summed E-state index contributed by atoms with van der Waals surface area (Å²) < 4.78 is 26.9. The van der Waals surface area contributed by atoms with Crippen molar-refractivity contribution in [3.05, 3.63) is 59.2 Å².